The van der Waals surface area contributed by atoms with Crippen molar-refractivity contribution in [2.45, 2.75) is 25.9 Å². The minimum atomic E-state index is -0.00478. The van der Waals surface area contributed by atoms with Crippen molar-refractivity contribution in [2.75, 3.05) is 6.54 Å². The van der Waals surface area contributed by atoms with Gasteiger partial charge in [-0.2, -0.15) is 0 Å². The molecule has 5 heteroatoms. The molecule has 122 valence electrons. The van der Waals surface area contributed by atoms with Crippen LogP contribution < -0.4 is 10.6 Å². The van der Waals surface area contributed by atoms with Gasteiger partial charge in [-0.05, 0) is 43.7 Å². The molecule has 0 aromatic heterocycles. The van der Waals surface area contributed by atoms with Crippen LogP contribution in [0.1, 0.15) is 37.1 Å². The Hall–Kier alpha value is -1.36. The van der Waals surface area contributed by atoms with Crippen LogP contribution in [0.25, 0.3) is 0 Å². The van der Waals surface area contributed by atoms with Crippen LogP contribution >= 0.6 is 27.5 Å². The van der Waals surface area contributed by atoms with Gasteiger partial charge in [-0.1, -0.05) is 51.8 Å². The molecule has 3 nitrogen and oxygen atoms in total. The smallest absolute Gasteiger partial charge is 0.275 e. The lowest BCUT2D eigenvalue weighted by Crippen LogP contribution is -2.87. The van der Waals surface area contributed by atoms with Gasteiger partial charge in [0.1, 0.15) is 6.04 Å². The molecule has 1 amide bonds. The second kappa shape index (κ2) is 8.48. The maximum Gasteiger partial charge on any atom is 0.275 e. The second-order valence-corrected chi connectivity index (χ2v) is 6.97. The molecule has 0 heterocycles. The predicted molar refractivity (Wildman–Crippen MR) is 97.4 cm³/mol. The monoisotopic (exact) mass is 395 g/mol. The Balaban J connectivity index is 1.82. The van der Waals surface area contributed by atoms with Crippen LogP contribution in [0, 0.1) is 0 Å². The van der Waals surface area contributed by atoms with Gasteiger partial charge in [-0.25, -0.2) is 0 Å². The lowest BCUT2D eigenvalue weighted by molar-refractivity contribution is -0.682. The molecule has 0 aliphatic carbocycles. The van der Waals surface area contributed by atoms with Crippen LogP contribution in [-0.4, -0.2) is 12.5 Å². The van der Waals surface area contributed by atoms with Gasteiger partial charge in [0.15, 0.2) is 6.54 Å². The van der Waals surface area contributed by atoms with E-state index in [1.807, 2.05) is 60.8 Å². The molecule has 0 unspecified atom stereocenters. The Morgan fingerprint density at radius 3 is 2.26 bits per heavy atom. The van der Waals surface area contributed by atoms with Crippen molar-refractivity contribution in [1.82, 2.24) is 5.32 Å². The molecule has 0 saturated carbocycles. The highest BCUT2D eigenvalue weighted by Crippen LogP contribution is 2.16. The van der Waals surface area contributed by atoms with E-state index in [-0.39, 0.29) is 18.0 Å². The summed E-state index contributed by atoms with van der Waals surface area (Å²) in [5, 5.41) is 5.77. The van der Waals surface area contributed by atoms with Crippen LogP contribution in [-0.2, 0) is 4.79 Å². The number of amides is 1. The summed E-state index contributed by atoms with van der Waals surface area (Å²) in [7, 11) is 0. The zero-order valence-electron chi connectivity index (χ0n) is 13.2. The normalized spacial score (nSPS) is 13.4. The molecule has 23 heavy (non-hydrogen) atoms. The first-order valence-corrected chi connectivity index (χ1v) is 8.76. The van der Waals surface area contributed by atoms with Gasteiger partial charge in [-0.3, -0.25) is 4.79 Å². The standard InChI is InChI=1S/C18H20BrClN2O/c1-12(14-5-9-17(20)10-6-14)21-11-18(23)22-13(2)15-3-7-16(19)8-4-15/h3-10,12-13,21H,11H2,1-2H3,(H,22,23)/p+1/t12-,13+/m1/s1. The molecule has 0 aliphatic heterocycles. The fourth-order valence-electron chi connectivity index (χ4n) is 2.32. The molecule has 0 bridgehead atoms. The van der Waals surface area contributed by atoms with Crippen LogP contribution in [0.2, 0.25) is 5.02 Å². The van der Waals surface area contributed by atoms with E-state index in [0.717, 1.165) is 20.6 Å². The van der Waals surface area contributed by atoms with E-state index in [2.05, 4.69) is 28.2 Å². The third-order valence-electron chi connectivity index (χ3n) is 3.80. The molecule has 0 saturated heterocycles. The first-order valence-electron chi connectivity index (χ1n) is 7.59. The van der Waals surface area contributed by atoms with E-state index in [1.165, 1.54) is 0 Å². The highest BCUT2D eigenvalue weighted by Gasteiger charge is 2.14. The Morgan fingerprint density at radius 1 is 1.09 bits per heavy atom. The second-order valence-electron chi connectivity index (χ2n) is 5.62. The molecular weight excluding hydrogens is 376 g/mol. The van der Waals surface area contributed by atoms with Gasteiger partial charge in [0, 0.05) is 15.1 Å². The summed E-state index contributed by atoms with van der Waals surface area (Å²) in [5.41, 5.74) is 2.25. The largest absolute Gasteiger partial charge is 0.345 e. The van der Waals surface area contributed by atoms with Gasteiger partial charge in [-0.15, -0.1) is 0 Å². The number of benzene rings is 2. The fraction of sp³-hybridized carbons (Fsp3) is 0.278. The molecule has 0 radical (unpaired) electrons. The predicted octanol–water partition coefficient (Wildman–Crippen LogP) is 3.60. The maximum atomic E-state index is 12.1. The maximum absolute atomic E-state index is 12.1. The van der Waals surface area contributed by atoms with Crippen LogP contribution in [0.4, 0.5) is 0 Å². The summed E-state index contributed by atoms with van der Waals surface area (Å²) < 4.78 is 1.03. The van der Waals surface area contributed by atoms with Crippen LogP contribution in [0.15, 0.2) is 53.0 Å². The average Bonchev–Trinajstić information content (AvgIpc) is 2.54. The number of halogens is 2. The lowest BCUT2D eigenvalue weighted by atomic mass is 10.1. The van der Waals surface area contributed by atoms with E-state index < -0.39 is 0 Å². The minimum Gasteiger partial charge on any atom is -0.345 e. The van der Waals surface area contributed by atoms with Gasteiger partial charge in [0.05, 0.1) is 6.04 Å². The molecule has 2 atom stereocenters. The number of carbonyl (C=O) groups excluding carboxylic acids is 1. The summed E-state index contributed by atoms with van der Waals surface area (Å²) in [5.74, 6) is 0.0289. The molecule has 0 fully saturated rings. The van der Waals surface area contributed by atoms with Crippen LogP contribution in [0.5, 0.6) is 0 Å². The number of nitrogens with two attached hydrogens (primary N) is 1. The van der Waals surface area contributed by atoms with Crippen molar-refractivity contribution < 1.29 is 10.1 Å². The number of carbonyl (C=O) groups is 1. The minimum absolute atomic E-state index is 0.00478. The van der Waals surface area contributed by atoms with E-state index in [0.29, 0.717) is 6.54 Å². The van der Waals surface area contributed by atoms with Crippen molar-refractivity contribution in [2.24, 2.45) is 0 Å². The number of quaternary nitrogens is 1. The summed E-state index contributed by atoms with van der Waals surface area (Å²) in [4.78, 5) is 12.1. The Morgan fingerprint density at radius 2 is 1.65 bits per heavy atom. The van der Waals surface area contributed by atoms with Gasteiger partial charge < -0.3 is 10.6 Å². The van der Waals surface area contributed by atoms with E-state index in [9.17, 15) is 4.79 Å². The molecule has 3 N–H and O–H groups in total. The van der Waals surface area contributed by atoms with Gasteiger partial charge in [0.2, 0.25) is 0 Å². The van der Waals surface area contributed by atoms with E-state index in [4.69, 9.17) is 11.6 Å². The third-order valence-corrected chi connectivity index (χ3v) is 4.58. The van der Waals surface area contributed by atoms with Crippen molar-refractivity contribution in [3.63, 3.8) is 0 Å². The SMILES string of the molecule is C[C@H](NC(=O)C[NH2+][C@H](C)c1ccc(Cl)cc1)c1ccc(Br)cc1. The van der Waals surface area contributed by atoms with Crippen molar-refractivity contribution in [1.29, 1.82) is 0 Å². The molecule has 0 aliphatic rings. The first kappa shape index (κ1) is 18.0. The molecule has 0 spiro atoms. The van der Waals surface area contributed by atoms with E-state index >= 15 is 0 Å². The summed E-state index contributed by atoms with van der Waals surface area (Å²) in [6.45, 7) is 4.46. The highest BCUT2D eigenvalue weighted by molar-refractivity contribution is 9.10. The summed E-state index contributed by atoms with van der Waals surface area (Å²) in [6, 6.07) is 15.9. The Bertz CT molecular complexity index is 643. The molecule has 2 aromatic rings. The highest BCUT2D eigenvalue weighted by atomic mass is 79.9. The number of nitrogens with one attached hydrogen (secondary N) is 1. The molecule has 2 aromatic carbocycles. The summed E-state index contributed by atoms with van der Waals surface area (Å²) in [6.07, 6.45) is 0. The lowest BCUT2D eigenvalue weighted by Gasteiger charge is -2.15. The Labute approximate surface area is 150 Å². The third kappa shape index (κ3) is 5.65. The first-order chi connectivity index (χ1) is 11.0. The number of hydrogen-bond acceptors (Lipinski definition) is 1. The number of hydrogen-bond donors (Lipinski definition) is 2. The van der Waals surface area contributed by atoms with Crippen molar-refractivity contribution in [3.8, 4) is 0 Å². The van der Waals surface area contributed by atoms with Crippen molar-refractivity contribution >= 4 is 33.4 Å². The van der Waals surface area contributed by atoms with E-state index in [1.54, 1.807) is 0 Å². The zero-order chi connectivity index (χ0) is 16.8. The van der Waals surface area contributed by atoms with Crippen molar-refractivity contribution in [3.05, 3.63) is 69.2 Å². The quantitative estimate of drug-likeness (QED) is 0.770. The van der Waals surface area contributed by atoms with Gasteiger partial charge in [0.25, 0.3) is 5.91 Å². The molecular formula is C18H21BrClN2O+. The fourth-order valence-corrected chi connectivity index (χ4v) is 2.71. The van der Waals surface area contributed by atoms with Crippen LogP contribution in [0.3, 0.4) is 0 Å². The summed E-state index contributed by atoms with van der Waals surface area (Å²) >= 11 is 9.30. The molecule has 2 rings (SSSR count). The Kier molecular flexibility index (Phi) is 6.63. The average molecular weight is 397 g/mol. The van der Waals surface area contributed by atoms with Gasteiger partial charge >= 0.3 is 0 Å². The zero-order valence-corrected chi connectivity index (χ0v) is 15.6. The number of rotatable bonds is 6. The topological polar surface area (TPSA) is 45.7 Å².